The van der Waals surface area contributed by atoms with E-state index in [1.54, 1.807) is 23.3 Å². The summed E-state index contributed by atoms with van der Waals surface area (Å²) in [7, 11) is 0. The van der Waals surface area contributed by atoms with Crippen LogP contribution < -0.4 is 4.90 Å². The molecule has 0 aromatic carbocycles. The van der Waals surface area contributed by atoms with E-state index < -0.39 is 11.8 Å². The average Bonchev–Trinajstić information content (AvgIpc) is 3.00. The van der Waals surface area contributed by atoms with Gasteiger partial charge in [0.15, 0.2) is 5.65 Å². The van der Waals surface area contributed by atoms with E-state index in [-0.39, 0.29) is 13.0 Å². The monoisotopic (exact) mass is 374 g/mol. The summed E-state index contributed by atoms with van der Waals surface area (Å²) >= 11 is 0. The van der Waals surface area contributed by atoms with Gasteiger partial charge in [0.2, 0.25) is 0 Å². The highest BCUT2D eigenvalue weighted by molar-refractivity contribution is 5.74. The normalized spacial score (nSPS) is 21.7. The van der Waals surface area contributed by atoms with Crippen molar-refractivity contribution in [3.63, 3.8) is 0 Å². The molecule has 3 aromatic rings. The number of imidazole rings is 1. The zero-order chi connectivity index (χ0) is 18.6. The first kappa shape index (κ1) is 16.6. The molecule has 1 unspecified atom stereocenters. The van der Waals surface area contributed by atoms with Crippen LogP contribution in [0.2, 0.25) is 0 Å². The van der Waals surface area contributed by atoms with Gasteiger partial charge in [0.1, 0.15) is 0 Å². The highest BCUT2D eigenvalue weighted by Gasteiger charge is 2.56. The van der Waals surface area contributed by atoms with Crippen molar-refractivity contribution in [3.05, 3.63) is 30.4 Å². The molecule has 2 fully saturated rings. The number of morpholine rings is 1. The zero-order valence-corrected chi connectivity index (χ0v) is 15.0. The van der Waals surface area contributed by atoms with E-state index in [9.17, 15) is 8.78 Å². The summed E-state index contributed by atoms with van der Waals surface area (Å²) < 4.78 is 35.2. The van der Waals surface area contributed by atoms with Gasteiger partial charge in [-0.1, -0.05) is 0 Å². The predicted molar refractivity (Wildman–Crippen MR) is 95.0 cm³/mol. The van der Waals surface area contributed by atoms with Crippen molar-refractivity contribution in [2.45, 2.75) is 25.8 Å². The van der Waals surface area contributed by atoms with Crippen molar-refractivity contribution in [2.24, 2.45) is 5.92 Å². The molecule has 5 rings (SSSR count). The number of ether oxygens (including phenoxy) is 1. The van der Waals surface area contributed by atoms with Gasteiger partial charge in [-0.2, -0.15) is 10.2 Å². The SMILES string of the molecule is Cc1nc2c(N3CCOCC3)ccnn2c1-c1cnn(CC2CC2(F)F)c1. The van der Waals surface area contributed by atoms with Gasteiger partial charge in [-0.3, -0.25) is 4.68 Å². The van der Waals surface area contributed by atoms with Gasteiger partial charge in [0.25, 0.3) is 5.92 Å². The fraction of sp³-hybridized carbons (Fsp3) is 0.500. The quantitative estimate of drug-likeness (QED) is 0.702. The Labute approximate surface area is 154 Å². The number of aryl methyl sites for hydroxylation is 1. The maximum absolute atomic E-state index is 13.2. The summed E-state index contributed by atoms with van der Waals surface area (Å²) in [5.74, 6) is -3.15. The zero-order valence-electron chi connectivity index (χ0n) is 15.0. The smallest absolute Gasteiger partial charge is 0.253 e. The fourth-order valence-electron chi connectivity index (χ4n) is 3.70. The molecule has 1 saturated carbocycles. The molecule has 9 heteroatoms. The first-order chi connectivity index (χ1) is 13.0. The Kier molecular flexibility index (Phi) is 3.68. The van der Waals surface area contributed by atoms with Gasteiger partial charge >= 0.3 is 0 Å². The number of fused-ring (bicyclic) bond motifs is 1. The van der Waals surface area contributed by atoms with Gasteiger partial charge < -0.3 is 9.64 Å². The van der Waals surface area contributed by atoms with Crippen LogP contribution in [0, 0.1) is 12.8 Å². The van der Waals surface area contributed by atoms with Crippen LogP contribution in [0.15, 0.2) is 24.7 Å². The van der Waals surface area contributed by atoms with E-state index in [0.29, 0.717) is 13.2 Å². The summed E-state index contributed by atoms with van der Waals surface area (Å²) in [6, 6.07) is 1.97. The molecule has 27 heavy (non-hydrogen) atoms. The largest absolute Gasteiger partial charge is 0.378 e. The van der Waals surface area contributed by atoms with Gasteiger partial charge in [0.05, 0.1) is 42.7 Å². The summed E-state index contributed by atoms with van der Waals surface area (Å²) in [5.41, 5.74) is 4.31. The van der Waals surface area contributed by atoms with Crippen LogP contribution in [-0.4, -0.2) is 56.6 Å². The Hall–Kier alpha value is -2.55. The third kappa shape index (κ3) is 2.86. The Morgan fingerprint density at radius 2 is 2.04 bits per heavy atom. The molecule has 1 atom stereocenters. The number of hydrogen-bond donors (Lipinski definition) is 0. The number of anilines is 1. The minimum Gasteiger partial charge on any atom is -0.378 e. The molecule has 0 bridgehead atoms. The van der Waals surface area contributed by atoms with E-state index >= 15 is 0 Å². The summed E-state index contributed by atoms with van der Waals surface area (Å²) in [6.07, 6.45) is 5.20. The van der Waals surface area contributed by atoms with Gasteiger partial charge in [-0.05, 0) is 13.0 Å². The van der Waals surface area contributed by atoms with E-state index in [1.807, 2.05) is 17.5 Å². The van der Waals surface area contributed by atoms with Gasteiger partial charge in [0, 0.05) is 43.7 Å². The van der Waals surface area contributed by atoms with Crippen molar-refractivity contribution in [1.82, 2.24) is 24.4 Å². The lowest BCUT2D eigenvalue weighted by Crippen LogP contribution is -2.36. The van der Waals surface area contributed by atoms with Crippen LogP contribution >= 0.6 is 0 Å². The van der Waals surface area contributed by atoms with E-state index in [4.69, 9.17) is 9.72 Å². The first-order valence-corrected chi connectivity index (χ1v) is 9.10. The van der Waals surface area contributed by atoms with Crippen molar-refractivity contribution >= 4 is 11.3 Å². The molecule has 142 valence electrons. The molecule has 1 aliphatic carbocycles. The van der Waals surface area contributed by atoms with Crippen molar-refractivity contribution in [1.29, 1.82) is 0 Å². The molecule has 2 aliphatic rings. The number of alkyl halides is 2. The topological polar surface area (TPSA) is 60.5 Å². The number of rotatable bonds is 4. The molecule has 0 spiro atoms. The van der Waals surface area contributed by atoms with E-state index in [1.165, 1.54) is 0 Å². The third-order valence-electron chi connectivity index (χ3n) is 5.29. The molecular formula is C18H20F2N6O. The lowest BCUT2D eigenvalue weighted by atomic mass is 10.2. The Balaban J connectivity index is 1.50. The van der Waals surface area contributed by atoms with E-state index in [2.05, 4.69) is 15.1 Å². The molecule has 4 heterocycles. The lowest BCUT2D eigenvalue weighted by Gasteiger charge is -2.28. The summed E-state index contributed by atoms with van der Waals surface area (Å²) in [6.45, 7) is 5.18. The minimum atomic E-state index is -2.54. The van der Waals surface area contributed by atoms with Gasteiger partial charge in [-0.15, -0.1) is 0 Å². The maximum Gasteiger partial charge on any atom is 0.253 e. The van der Waals surface area contributed by atoms with Crippen LogP contribution in [0.3, 0.4) is 0 Å². The van der Waals surface area contributed by atoms with Crippen LogP contribution in [0.5, 0.6) is 0 Å². The predicted octanol–water partition coefficient (Wildman–Crippen LogP) is 2.39. The lowest BCUT2D eigenvalue weighted by molar-refractivity contribution is 0.0942. The summed E-state index contributed by atoms with van der Waals surface area (Å²) in [5, 5.41) is 8.74. The Bertz CT molecular complexity index is 991. The maximum atomic E-state index is 13.2. The van der Waals surface area contributed by atoms with Crippen LogP contribution in [0.4, 0.5) is 14.5 Å². The van der Waals surface area contributed by atoms with E-state index in [0.717, 1.165) is 41.4 Å². The first-order valence-electron chi connectivity index (χ1n) is 9.10. The molecule has 0 amide bonds. The van der Waals surface area contributed by atoms with Gasteiger partial charge in [-0.25, -0.2) is 18.3 Å². The average molecular weight is 374 g/mol. The minimum absolute atomic E-state index is 0.0543. The Morgan fingerprint density at radius 1 is 1.26 bits per heavy atom. The number of aromatic nitrogens is 5. The second-order valence-corrected chi connectivity index (χ2v) is 7.21. The number of nitrogens with zero attached hydrogens (tertiary/aromatic N) is 6. The molecule has 3 aromatic heterocycles. The number of hydrogen-bond acceptors (Lipinski definition) is 5. The van der Waals surface area contributed by atoms with Crippen molar-refractivity contribution < 1.29 is 13.5 Å². The Morgan fingerprint density at radius 3 is 2.78 bits per heavy atom. The van der Waals surface area contributed by atoms with Crippen molar-refractivity contribution in [2.75, 3.05) is 31.2 Å². The molecule has 0 N–H and O–H groups in total. The third-order valence-corrected chi connectivity index (χ3v) is 5.29. The van der Waals surface area contributed by atoms with Crippen LogP contribution in [-0.2, 0) is 11.3 Å². The van der Waals surface area contributed by atoms with Crippen LogP contribution in [0.25, 0.3) is 16.9 Å². The molecule has 0 radical (unpaired) electrons. The number of halogens is 2. The molecule has 1 aliphatic heterocycles. The second kappa shape index (κ2) is 5.98. The highest BCUT2D eigenvalue weighted by atomic mass is 19.3. The fourth-order valence-corrected chi connectivity index (χ4v) is 3.70. The standard InChI is InChI=1S/C18H20F2N6O/c1-12-16(13-9-22-25(10-13)11-14-8-18(14,19)20)26-17(23-12)15(2-3-21-26)24-4-6-27-7-5-24/h2-3,9-10,14H,4-8,11H2,1H3. The molecular weight excluding hydrogens is 354 g/mol. The summed E-state index contributed by atoms with van der Waals surface area (Å²) in [4.78, 5) is 6.98. The van der Waals surface area contributed by atoms with Crippen LogP contribution in [0.1, 0.15) is 12.1 Å². The molecule has 7 nitrogen and oxygen atoms in total. The molecule has 1 saturated heterocycles. The highest BCUT2D eigenvalue weighted by Crippen LogP contribution is 2.49. The second-order valence-electron chi connectivity index (χ2n) is 7.21. The van der Waals surface area contributed by atoms with Crippen molar-refractivity contribution in [3.8, 4) is 11.3 Å².